The number of anilines is 1. The second-order valence-electron chi connectivity index (χ2n) is 9.79. The molecule has 5 rings (SSSR count). The Balaban J connectivity index is 1.27. The van der Waals surface area contributed by atoms with Gasteiger partial charge in [0.15, 0.2) is 0 Å². The molecule has 9 heteroatoms. The predicted molar refractivity (Wildman–Crippen MR) is 134 cm³/mol. The zero-order valence-corrected chi connectivity index (χ0v) is 21.2. The van der Waals surface area contributed by atoms with Crippen molar-refractivity contribution in [3.63, 3.8) is 0 Å². The van der Waals surface area contributed by atoms with E-state index in [0.717, 1.165) is 55.7 Å². The molecule has 2 saturated heterocycles. The summed E-state index contributed by atoms with van der Waals surface area (Å²) in [5, 5.41) is 10.8. The molecule has 184 valence electrons. The number of hydrogen-bond donors (Lipinski definition) is 3. The van der Waals surface area contributed by atoms with E-state index < -0.39 is 0 Å². The molecule has 34 heavy (non-hydrogen) atoms. The summed E-state index contributed by atoms with van der Waals surface area (Å²) >= 11 is 12.9. The van der Waals surface area contributed by atoms with Gasteiger partial charge in [-0.15, -0.1) is 0 Å². The Morgan fingerprint density at radius 3 is 2.79 bits per heavy atom. The molecule has 1 saturated carbocycles. The maximum Gasteiger partial charge on any atom is 0.128 e. The monoisotopic (exact) mass is 505 g/mol. The number of aryl methyl sites for hydroxylation is 1. The molecule has 4 unspecified atom stereocenters. The summed E-state index contributed by atoms with van der Waals surface area (Å²) in [7, 11) is 0. The van der Waals surface area contributed by atoms with Crippen LogP contribution in [-0.2, 0) is 4.74 Å². The van der Waals surface area contributed by atoms with Gasteiger partial charge in [-0.1, -0.05) is 29.3 Å². The second kappa shape index (κ2) is 10.2. The fourth-order valence-electron chi connectivity index (χ4n) is 5.86. The molecule has 0 radical (unpaired) electrons. The SMILES string of the molecule is Cc1ncc(Cl)c([C@@H](C)OC2CCC3NNC(c4ccc(N5CCC[C@@H]5CO)nc4)C3C2)c1Cl. The van der Waals surface area contributed by atoms with Crippen molar-refractivity contribution in [2.45, 2.75) is 76.3 Å². The zero-order chi connectivity index (χ0) is 23.8. The lowest BCUT2D eigenvalue weighted by Gasteiger charge is -2.35. The zero-order valence-electron chi connectivity index (χ0n) is 19.7. The number of aliphatic hydroxyl groups excluding tert-OH is 1. The first-order chi connectivity index (χ1) is 16.5. The van der Waals surface area contributed by atoms with Gasteiger partial charge in [-0.05, 0) is 63.5 Å². The number of halogens is 2. The lowest BCUT2D eigenvalue weighted by Crippen LogP contribution is -2.37. The number of hydrogen-bond acceptors (Lipinski definition) is 7. The Labute approximate surface area is 211 Å². The number of nitrogens with one attached hydrogen (secondary N) is 2. The van der Waals surface area contributed by atoms with Crippen LogP contribution in [0.15, 0.2) is 24.5 Å². The summed E-state index contributed by atoms with van der Waals surface area (Å²) in [4.78, 5) is 11.2. The van der Waals surface area contributed by atoms with Crippen molar-refractivity contribution in [2.24, 2.45) is 5.92 Å². The summed E-state index contributed by atoms with van der Waals surface area (Å²) < 4.78 is 6.50. The third-order valence-corrected chi connectivity index (χ3v) is 8.48. The minimum Gasteiger partial charge on any atom is -0.394 e. The minimum absolute atomic E-state index is 0.128. The van der Waals surface area contributed by atoms with Crippen LogP contribution < -0.4 is 15.8 Å². The first-order valence-electron chi connectivity index (χ1n) is 12.3. The van der Waals surface area contributed by atoms with Crippen LogP contribution in [0.5, 0.6) is 0 Å². The third-order valence-electron chi connectivity index (χ3n) is 7.70. The van der Waals surface area contributed by atoms with Crippen molar-refractivity contribution in [1.82, 2.24) is 20.8 Å². The molecule has 7 nitrogen and oxygen atoms in total. The molecule has 2 aromatic heterocycles. The van der Waals surface area contributed by atoms with Gasteiger partial charge < -0.3 is 14.7 Å². The maximum absolute atomic E-state index is 9.64. The van der Waals surface area contributed by atoms with Crippen LogP contribution in [-0.4, -0.2) is 46.4 Å². The van der Waals surface area contributed by atoms with E-state index in [9.17, 15) is 5.11 Å². The Hall–Kier alpha value is -1.48. The highest BCUT2D eigenvalue weighted by Crippen LogP contribution is 2.41. The summed E-state index contributed by atoms with van der Waals surface area (Å²) in [5.74, 6) is 1.35. The highest BCUT2D eigenvalue weighted by molar-refractivity contribution is 6.36. The average Bonchev–Trinajstić information content (AvgIpc) is 3.48. The van der Waals surface area contributed by atoms with Gasteiger partial charge in [0.05, 0.1) is 46.6 Å². The van der Waals surface area contributed by atoms with Crippen LogP contribution in [0.1, 0.15) is 68.0 Å². The normalized spacial score (nSPS) is 29.9. The van der Waals surface area contributed by atoms with Gasteiger partial charge >= 0.3 is 0 Å². The maximum atomic E-state index is 9.64. The number of fused-ring (bicyclic) bond motifs is 1. The van der Waals surface area contributed by atoms with E-state index in [2.05, 4.69) is 32.9 Å². The van der Waals surface area contributed by atoms with Gasteiger partial charge in [0.25, 0.3) is 0 Å². The van der Waals surface area contributed by atoms with Crippen molar-refractivity contribution < 1.29 is 9.84 Å². The summed E-state index contributed by atoms with van der Waals surface area (Å²) in [6.07, 6.45) is 8.65. The summed E-state index contributed by atoms with van der Waals surface area (Å²) in [6.45, 7) is 5.03. The molecule has 1 aliphatic carbocycles. The molecule has 2 aliphatic heterocycles. The minimum atomic E-state index is -0.204. The van der Waals surface area contributed by atoms with Crippen molar-refractivity contribution >= 4 is 29.0 Å². The largest absolute Gasteiger partial charge is 0.394 e. The molecule has 0 aromatic carbocycles. The number of aromatic nitrogens is 2. The average molecular weight is 506 g/mol. The fraction of sp³-hybridized carbons (Fsp3) is 0.600. The van der Waals surface area contributed by atoms with Gasteiger partial charge in [0, 0.05) is 30.5 Å². The van der Waals surface area contributed by atoms with E-state index in [1.807, 2.05) is 20.0 Å². The number of pyridine rings is 2. The standard InChI is InChI=1S/C25H33Cl2N5O2/c1-14-24(27)23(20(26)12-28-14)15(2)34-18-6-7-21-19(10-18)25(31-30-21)16-5-8-22(29-11-16)32-9-3-4-17(32)13-33/h5,8,11-12,15,17-19,21,25,30-31,33H,3-4,6-7,9-10,13H2,1-2H3/t15-,17-,18?,19?,21?,25?/m1/s1. The molecule has 0 spiro atoms. The second-order valence-corrected chi connectivity index (χ2v) is 10.6. The highest BCUT2D eigenvalue weighted by Gasteiger charge is 2.42. The van der Waals surface area contributed by atoms with Crippen LogP contribution >= 0.6 is 23.2 Å². The summed E-state index contributed by atoms with van der Waals surface area (Å²) in [5.41, 5.74) is 9.76. The highest BCUT2D eigenvalue weighted by atomic mass is 35.5. The van der Waals surface area contributed by atoms with Crippen LogP contribution in [0.4, 0.5) is 5.82 Å². The predicted octanol–water partition coefficient (Wildman–Crippen LogP) is 4.52. The molecule has 6 atom stereocenters. The molecule has 4 heterocycles. The van der Waals surface area contributed by atoms with Gasteiger partial charge in [-0.25, -0.2) is 10.4 Å². The Morgan fingerprint density at radius 1 is 1.18 bits per heavy atom. The molecule has 2 aromatic rings. The van der Waals surface area contributed by atoms with Gasteiger partial charge in [-0.2, -0.15) is 0 Å². The Morgan fingerprint density at radius 2 is 2.03 bits per heavy atom. The molecule has 3 fully saturated rings. The topological polar surface area (TPSA) is 82.5 Å². The van der Waals surface area contributed by atoms with E-state index in [1.54, 1.807) is 6.20 Å². The van der Waals surface area contributed by atoms with E-state index in [4.69, 9.17) is 32.9 Å². The van der Waals surface area contributed by atoms with Gasteiger partial charge in [-0.3, -0.25) is 10.4 Å². The van der Waals surface area contributed by atoms with Crippen LogP contribution in [0, 0.1) is 12.8 Å². The number of rotatable bonds is 6. The molecule has 3 N–H and O–H groups in total. The smallest absolute Gasteiger partial charge is 0.128 e. The molecular weight excluding hydrogens is 473 g/mol. The van der Waals surface area contributed by atoms with Gasteiger partial charge in [0.1, 0.15) is 5.82 Å². The fourth-order valence-corrected chi connectivity index (χ4v) is 6.51. The van der Waals surface area contributed by atoms with E-state index >= 15 is 0 Å². The molecule has 3 aliphatic rings. The third kappa shape index (κ3) is 4.66. The Bertz CT molecular complexity index is 1010. The van der Waals surface area contributed by atoms with E-state index in [1.165, 1.54) is 5.56 Å². The van der Waals surface area contributed by atoms with Crippen molar-refractivity contribution in [3.8, 4) is 0 Å². The van der Waals surface area contributed by atoms with Crippen LogP contribution in [0.2, 0.25) is 10.0 Å². The number of hydrazine groups is 1. The summed E-state index contributed by atoms with van der Waals surface area (Å²) in [6, 6.07) is 5.03. The van der Waals surface area contributed by atoms with Crippen molar-refractivity contribution in [2.75, 3.05) is 18.1 Å². The van der Waals surface area contributed by atoms with E-state index in [-0.39, 0.29) is 30.9 Å². The number of ether oxygens (including phenoxy) is 1. The lowest BCUT2D eigenvalue weighted by atomic mass is 9.78. The van der Waals surface area contributed by atoms with Crippen molar-refractivity contribution in [1.29, 1.82) is 0 Å². The van der Waals surface area contributed by atoms with E-state index in [0.29, 0.717) is 22.0 Å². The van der Waals surface area contributed by atoms with Crippen LogP contribution in [0.25, 0.3) is 0 Å². The first-order valence-corrected chi connectivity index (χ1v) is 13.0. The lowest BCUT2D eigenvalue weighted by molar-refractivity contribution is -0.0370. The van der Waals surface area contributed by atoms with Gasteiger partial charge in [0.2, 0.25) is 0 Å². The molecule has 0 bridgehead atoms. The van der Waals surface area contributed by atoms with Crippen LogP contribution in [0.3, 0.4) is 0 Å². The number of nitrogens with zero attached hydrogens (tertiary/aromatic N) is 3. The molecular formula is C25H33Cl2N5O2. The first kappa shape index (κ1) is 24.2. The quantitative estimate of drug-likeness (QED) is 0.532. The Kier molecular flexibility index (Phi) is 7.30. The molecule has 0 amide bonds. The van der Waals surface area contributed by atoms with Crippen molar-refractivity contribution in [3.05, 3.63) is 51.4 Å². The number of aliphatic hydroxyl groups is 1.